The van der Waals surface area contributed by atoms with E-state index in [9.17, 15) is 4.79 Å². The van der Waals surface area contributed by atoms with E-state index in [0.717, 1.165) is 58.6 Å². The van der Waals surface area contributed by atoms with Gasteiger partial charge in [0.05, 0.1) is 11.6 Å². The van der Waals surface area contributed by atoms with Crippen LogP contribution in [0.15, 0.2) is 30.5 Å². The molecule has 2 N–H and O–H groups in total. The minimum Gasteiger partial charge on any atom is -0.316 e. The summed E-state index contributed by atoms with van der Waals surface area (Å²) in [5, 5.41) is 11.9. The van der Waals surface area contributed by atoms with Gasteiger partial charge in [0.2, 0.25) is 0 Å². The molecule has 0 saturated carbocycles. The Balaban J connectivity index is 1.50. The quantitative estimate of drug-likeness (QED) is 0.658. The van der Waals surface area contributed by atoms with Gasteiger partial charge in [0.25, 0.3) is 0 Å². The van der Waals surface area contributed by atoms with Gasteiger partial charge in [-0.2, -0.15) is 5.10 Å². The van der Waals surface area contributed by atoms with Crippen molar-refractivity contribution < 1.29 is 4.79 Å². The second-order valence-electron chi connectivity index (χ2n) is 9.15. The Morgan fingerprint density at radius 2 is 2.06 bits per heavy atom. The highest BCUT2D eigenvalue weighted by molar-refractivity contribution is 6.00. The number of nitrogens with zero attached hydrogens (tertiary/aromatic N) is 4. The molecule has 4 heterocycles. The minimum atomic E-state index is 0.00500. The van der Waals surface area contributed by atoms with Crippen LogP contribution in [0.2, 0.25) is 0 Å². The van der Waals surface area contributed by atoms with Gasteiger partial charge in [-0.15, -0.1) is 0 Å². The first kappa shape index (κ1) is 20.0. The number of carbonyl (C=O) groups excluding carboxylic acids is 1. The summed E-state index contributed by atoms with van der Waals surface area (Å²) in [5.41, 5.74) is 5.87. The Hall–Kier alpha value is -2.93. The van der Waals surface area contributed by atoms with Crippen LogP contribution in [0.1, 0.15) is 38.4 Å². The second kappa shape index (κ2) is 7.64. The number of aromatic nitrogens is 3. The first-order chi connectivity index (χ1) is 14.9. The predicted octanol–water partition coefficient (Wildman–Crippen LogP) is 4.40. The number of anilines is 1. The highest BCUT2D eigenvalue weighted by Crippen LogP contribution is 2.36. The maximum absolute atomic E-state index is 13.0. The number of aromatic amines is 1. The van der Waals surface area contributed by atoms with Crippen LogP contribution in [0, 0.1) is 12.8 Å². The third-order valence-electron chi connectivity index (χ3n) is 6.89. The van der Waals surface area contributed by atoms with Crippen LogP contribution >= 0.6 is 0 Å². The van der Waals surface area contributed by atoms with Gasteiger partial charge in [0.1, 0.15) is 5.69 Å². The number of H-pyrrole nitrogens is 1. The van der Waals surface area contributed by atoms with Crippen LogP contribution in [0.5, 0.6) is 0 Å². The Morgan fingerprint density at radius 1 is 1.23 bits per heavy atom. The van der Waals surface area contributed by atoms with Crippen molar-refractivity contribution in [3.05, 3.63) is 41.7 Å². The molecule has 2 unspecified atom stereocenters. The van der Waals surface area contributed by atoms with Crippen molar-refractivity contribution in [2.24, 2.45) is 5.92 Å². The van der Waals surface area contributed by atoms with Crippen LogP contribution < -0.4 is 5.32 Å². The third kappa shape index (κ3) is 3.47. The molecule has 7 nitrogen and oxygen atoms in total. The molecule has 1 aromatic carbocycles. The Bertz CT molecular complexity index is 1140. The minimum absolute atomic E-state index is 0.00500. The lowest BCUT2D eigenvalue weighted by atomic mass is 9.97. The summed E-state index contributed by atoms with van der Waals surface area (Å²) < 4.78 is 0. The lowest BCUT2D eigenvalue weighted by Gasteiger charge is -2.36. The van der Waals surface area contributed by atoms with Gasteiger partial charge >= 0.3 is 6.03 Å². The van der Waals surface area contributed by atoms with Crippen molar-refractivity contribution in [3.8, 4) is 11.3 Å². The van der Waals surface area contributed by atoms with E-state index in [0.29, 0.717) is 18.5 Å². The number of nitrogens with one attached hydrogen (secondary N) is 2. The molecule has 2 aromatic heterocycles. The van der Waals surface area contributed by atoms with Gasteiger partial charge in [-0.3, -0.25) is 15.0 Å². The molecule has 0 bridgehead atoms. The fourth-order valence-electron chi connectivity index (χ4n) is 5.04. The number of carbonyl (C=O) groups is 1. The van der Waals surface area contributed by atoms with Gasteiger partial charge in [0.15, 0.2) is 0 Å². The Morgan fingerprint density at radius 3 is 2.81 bits per heavy atom. The zero-order valence-electron chi connectivity index (χ0n) is 18.6. The molecular formula is C24H30N6O. The lowest BCUT2D eigenvalue weighted by molar-refractivity contribution is 0.163. The van der Waals surface area contributed by atoms with Gasteiger partial charge in [-0.05, 0) is 56.5 Å². The topological polar surface area (TPSA) is 77.2 Å². The second-order valence-corrected chi connectivity index (χ2v) is 9.15. The van der Waals surface area contributed by atoms with E-state index in [1.54, 1.807) is 0 Å². The average molecular weight is 419 g/mol. The van der Waals surface area contributed by atoms with Gasteiger partial charge in [-0.25, -0.2) is 4.79 Å². The van der Waals surface area contributed by atoms with E-state index in [1.165, 1.54) is 0 Å². The molecule has 1 fully saturated rings. The average Bonchev–Trinajstić information content (AvgIpc) is 3.35. The SMILES string of the molecule is CCC1CN(C(C)C)CC1N1Cc2cc3c(-c4ccnc(C)c4)n[nH]c3cc2NC1=O. The van der Waals surface area contributed by atoms with Crippen LogP contribution in [-0.4, -0.2) is 56.2 Å². The van der Waals surface area contributed by atoms with Gasteiger partial charge in [-0.1, -0.05) is 13.3 Å². The number of aryl methyl sites for hydroxylation is 1. The predicted molar refractivity (Wildman–Crippen MR) is 123 cm³/mol. The Kier molecular flexibility index (Phi) is 4.93. The highest BCUT2D eigenvalue weighted by Gasteiger charge is 2.40. The maximum Gasteiger partial charge on any atom is 0.322 e. The first-order valence-electron chi connectivity index (χ1n) is 11.2. The molecule has 3 aromatic rings. The molecule has 0 radical (unpaired) electrons. The van der Waals surface area contributed by atoms with Crippen molar-refractivity contribution >= 4 is 22.6 Å². The number of fused-ring (bicyclic) bond motifs is 2. The standard InChI is InChI=1S/C24H30N6O/c1-5-16-11-29(14(2)3)13-22(16)30-12-18-9-19-21(10-20(18)26-24(30)31)27-28-23(19)17-6-7-25-15(4)8-17/h6-10,14,16,22H,5,11-13H2,1-4H3,(H,26,31)(H,27,28). The highest BCUT2D eigenvalue weighted by atomic mass is 16.2. The molecule has 7 heteroatoms. The number of amides is 2. The third-order valence-corrected chi connectivity index (χ3v) is 6.89. The van der Waals surface area contributed by atoms with Crippen molar-refractivity contribution in [2.75, 3.05) is 18.4 Å². The molecule has 1 saturated heterocycles. The summed E-state index contributed by atoms with van der Waals surface area (Å²) in [4.78, 5) is 21.9. The normalized spacial score (nSPS) is 21.7. The Labute approximate surface area is 182 Å². The molecule has 162 valence electrons. The summed E-state index contributed by atoms with van der Waals surface area (Å²) >= 11 is 0. The number of pyridine rings is 1. The zero-order chi connectivity index (χ0) is 21.7. The fraction of sp³-hybridized carbons (Fsp3) is 0.458. The molecule has 31 heavy (non-hydrogen) atoms. The van der Waals surface area contributed by atoms with E-state index in [2.05, 4.69) is 52.2 Å². The molecule has 2 aliphatic heterocycles. The van der Waals surface area contributed by atoms with E-state index in [4.69, 9.17) is 0 Å². The smallest absolute Gasteiger partial charge is 0.316 e. The van der Waals surface area contributed by atoms with Gasteiger partial charge < -0.3 is 10.2 Å². The summed E-state index contributed by atoms with van der Waals surface area (Å²) in [6.07, 6.45) is 2.90. The zero-order valence-corrected chi connectivity index (χ0v) is 18.6. The molecule has 5 rings (SSSR count). The largest absolute Gasteiger partial charge is 0.322 e. The summed E-state index contributed by atoms with van der Waals surface area (Å²) in [6, 6.07) is 8.97. The number of benzene rings is 1. The summed E-state index contributed by atoms with van der Waals surface area (Å²) in [7, 11) is 0. The van der Waals surface area contributed by atoms with Crippen LogP contribution in [0.25, 0.3) is 22.2 Å². The number of likely N-dealkylation sites (tertiary alicyclic amines) is 1. The summed E-state index contributed by atoms with van der Waals surface area (Å²) in [6.45, 7) is 11.3. The van der Waals surface area contributed by atoms with Crippen molar-refractivity contribution in [1.82, 2.24) is 25.0 Å². The fourth-order valence-corrected chi connectivity index (χ4v) is 5.04. The number of rotatable bonds is 4. The number of urea groups is 1. The monoisotopic (exact) mass is 418 g/mol. The van der Waals surface area contributed by atoms with E-state index >= 15 is 0 Å². The first-order valence-corrected chi connectivity index (χ1v) is 11.2. The molecular weight excluding hydrogens is 388 g/mol. The van der Waals surface area contributed by atoms with Crippen LogP contribution in [0.3, 0.4) is 0 Å². The molecule has 0 spiro atoms. The van der Waals surface area contributed by atoms with Crippen molar-refractivity contribution in [1.29, 1.82) is 0 Å². The number of hydrogen-bond donors (Lipinski definition) is 2. The number of hydrogen-bond acceptors (Lipinski definition) is 4. The van der Waals surface area contributed by atoms with E-state index < -0.39 is 0 Å². The maximum atomic E-state index is 13.0. The van der Waals surface area contributed by atoms with E-state index in [1.807, 2.05) is 36.2 Å². The van der Waals surface area contributed by atoms with Crippen molar-refractivity contribution in [2.45, 2.75) is 52.7 Å². The molecule has 2 amide bonds. The molecule has 2 aliphatic rings. The molecule has 0 aliphatic carbocycles. The van der Waals surface area contributed by atoms with Crippen LogP contribution in [-0.2, 0) is 6.54 Å². The van der Waals surface area contributed by atoms with Crippen molar-refractivity contribution in [3.63, 3.8) is 0 Å². The molecule has 2 atom stereocenters. The summed E-state index contributed by atoms with van der Waals surface area (Å²) in [5.74, 6) is 0.503. The van der Waals surface area contributed by atoms with Gasteiger partial charge in [0, 0.05) is 54.2 Å². The lowest BCUT2D eigenvalue weighted by Crippen LogP contribution is -2.48. The van der Waals surface area contributed by atoms with E-state index in [-0.39, 0.29) is 12.1 Å². The van der Waals surface area contributed by atoms with Crippen LogP contribution in [0.4, 0.5) is 10.5 Å².